The van der Waals surface area contributed by atoms with E-state index in [1.807, 2.05) is 17.0 Å². The molecule has 0 saturated carbocycles. The number of aliphatic carboxylic acids is 1. The lowest BCUT2D eigenvalue weighted by Crippen LogP contribution is -2.43. The van der Waals surface area contributed by atoms with Crippen LogP contribution in [-0.4, -0.2) is 53.5 Å². The number of hydrogen-bond donors (Lipinski definition) is 1. The predicted molar refractivity (Wildman–Crippen MR) is 82.6 cm³/mol. The van der Waals surface area contributed by atoms with Gasteiger partial charge in [-0.05, 0) is 38.1 Å². The summed E-state index contributed by atoms with van der Waals surface area (Å²) in [5, 5.41) is 8.96. The number of carbonyl (C=O) groups excluding carboxylic acids is 1. The number of likely N-dealkylation sites (tertiary alicyclic amines) is 1. The van der Waals surface area contributed by atoms with Gasteiger partial charge in [-0.3, -0.25) is 14.5 Å². The molecular weight excluding hydrogens is 312 g/mol. The number of carboxylic acids is 1. The Hall–Kier alpha value is -1.11. The Kier molecular flexibility index (Phi) is 5.61. The van der Waals surface area contributed by atoms with Gasteiger partial charge in [0.15, 0.2) is 0 Å². The molecule has 1 aliphatic rings. The molecule has 2 rings (SSSR count). The van der Waals surface area contributed by atoms with Crippen LogP contribution in [0.3, 0.4) is 0 Å². The molecule has 1 fully saturated rings. The van der Waals surface area contributed by atoms with Gasteiger partial charge in [-0.1, -0.05) is 11.6 Å². The predicted octanol–water partition coefficient (Wildman–Crippen LogP) is 2.16. The normalized spacial score (nSPS) is 16.9. The molecule has 0 aliphatic carbocycles. The van der Waals surface area contributed by atoms with Gasteiger partial charge in [0.2, 0.25) is 5.91 Å². The summed E-state index contributed by atoms with van der Waals surface area (Å²) >= 11 is 7.35. The second-order valence-electron chi connectivity index (χ2n) is 5.34. The molecule has 116 valence electrons. The number of carboxylic acid groups (broad SMARTS) is 1. The molecule has 0 aromatic carbocycles. The number of halogens is 1. The van der Waals surface area contributed by atoms with Crippen molar-refractivity contribution in [1.82, 2.24) is 9.80 Å². The molecule has 0 unspecified atom stereocenters. The highest BCUT2D eigenvalue weighted by Crippen LogP contribution is 2.22. The summed E-state index contributed by atoms with van der Waals surface area (Å²) < 4.78 is 0.724. The van der Waals surface area contributed by atoms with Gasteiger partial charge in [0.05, 0.1) is 23.3 Å². The van der Waals surface area contributed by atoms with E-state index < -0.39 is 5.97 Å². The van der Waals surface area contributed by atoms with Crippen molar-refractivity contribution in [2.45, 2.75) is 19.4 Å². The lowest BCUT2D eigenvalue weighted by Gasteiger charge is -2.30. The van der Waals surface area contributed by atoms with Crippen molar-refractivity contribution in [2.24, 2.45) is 5.92 Å². The van der Waals surface area contributed by atoms with Crippen LogP contribution in [0.25, 0.3) is 0 Å². The van der Waals surface area contributed by atoms with Gasteiger partial charge >= 0.3 is 5.97 Å². The molecule has 1 aromatic heterocycles. The highest BCUT2D eigenvalue weighted by molar-refractivity contribution is 7.16. The van der Waals surface area contributed by atoms with E-state index in [1.165, 1.54) is 11.3 Å². The quantitative estimate of drug-likeness (QED) is 0.898. The summed E-state index contributed by atoms with van der Waals surface area (Å²) in [6, 6.07) is 3.76. The number of likely N-dealkylation sites (N-methyl/N-ethyl adjacent to an activating group) is 1. The Balaban J connectivity index is 1.77. The highest BCUT2D eigenvalue weighted by Gasteiger charge is 2.26. The topological polar surface area (TPSA) is 60.9 Å². The fraction of sp³-hybridized carbons (Fsp3) is 0.571. The van der Waals surface area contributed by atoms with Crippen LogP contribution in [0.4, 0.5) is 0 Å². The smallest absolute Gasteiger partial charge is 0.306 e. The Morgan fingerprint density at radius 1 is 1.43 bits per heavy atom. The van der Waals surface area contributed by atoms with E-state index in [0.29, 0.717) is 39.0 Å². The monoisotopic (exact) mass is 330 g/mol. The number of nitrogens with zero attached hydrogens (tertiary/aromatic N) is 2. The van der Waals surface area contributed by atoms with E-state index in [1.54, 1.807) is 11.9 Å². The van der Waals surface area contributed by atoms with Gasteiger partial charge in [-0.15, -0.1) is 11.3 Å². The van der Waals surface area contributed by atoms with Crippen LogP contribution >= 0.6 is 22.9 Å². The number of piperidine rings is 1. The summed E-state index contributed by atoms with van der Waals surface area (Å²) in [6.45, 7) is 2.24. The maximum atomic E-state index is 12.2. The van der Waals surface area contributed by atoms with Crippen molar-refractivity contribution in [3.8, 4) is 0 Å². The van der Waals surface area contributed by atoms with E-state index in [4.69, 9.17) is 16.7 Å². The van der Waals surface area contributed by atoms with Crippen LogP contribution in [0.1, 0.15) is 17.7 Å². The number of hydrogen-bond acceptors (Lipinski definition) is 4. The molecule has 0 atom stereocenters. The summed E-state index contributed by atoms with van der Waals surface area (Å²) in [5.74, 6) is -0.941. The van der Waals surface area contributed by atoms with E-state index in [9.17, 15) is 9.59 Å². The third-order valence-electron chi connectivity index (χ3n) is 3.74. The molecule has 1 aliphatic heterocycles. The van der Waals surface area contributed by atoms with Gasteiger partial charge < -0.3 is 10.0 Å². The number of rotatable bonds is 5. The van der Waals surface area contributed by atoms with Crippen LogP contribution in [0.2, 0.25) is 4.34 Å². The zero-order valence-electron chi connectivity index (χ0n) is 11.9. The third kappa shape index (κ3) is 4.69. The van der Waals surface area contributed by atoms with Gasteiger partial charge in [0.25, 0.3) is 0 Å². The van der Waals surface area contributed by atoms with E-state index >= 15 is 0 Å². The lowest BCUT2D eigenvalue weighted by molar-refractivity contribution is -0.143. The fourth-order valence-corrected chi connectivity index (χ4v) is 3.55. The molecule has 1 saturated heterocycles. The molecule has 1 aromatic rings. The first kappa shape index (κ1) is 16.3. The lowest BCUT2D eigenvalue weighted by atomic mass is 9.97. The minimum Gasteiger partial charge on any atom is -0.481 e. The maximum Gasteiger partial charge on any atom is 0.306 e. The van der Waals surface area contributed by atoms with Gasteiger partial charge in [0, 0.05) is 11.9 Å². The second-order valence-corrected chi connectivity index (χ2v) is 7.14. The van der Waals surface area contributed by atoms with Crippen LogP contribution in [0.15, 0.2) is 12.1 Å². The average Bonchev–Trinajstić information content (AvgIpc) is 2.84. The average molecular weight is 331 g/mol. The molecule has 7 heteroatoms. The van der Waals surface area contributed by atoms with Crippen molar-refractivity contribution in [1.29, 1.82) is 0 Å². The van der Waals surface area contributed by atoms with E-state index in [0.717, 1.165) is 9.21 Å². The first-order valence-electron chi connectivity index (χ1n) is 6.89. The van der Waals surface area contributed by atoms with Gasteiger partial charge in [-0.25, -0.2) is 0 Å². The summed E-state index contributed by atoms with van der Waals surface area (Å²) in [5.41, 5.74) is 0. The Labute approximate surface area is 133 Å². The number of thiophene rings is 1. The number of carbonyl (C=O) groups is 2. The second kappa shape index (κ2) is 7.24. The zero-order chi connectivity index (χ0) is 15.4. The van der Waals surface area contributed by atoms with Crippen molar-refractivity contribution in [2.75, 3.05) is 26.7 Å². The molecule has 0 spiro atoms. The van der Waals surface area contributed by atoms with Gasteiger partial charge in [-0.2, -0.15) is 0 Å². The molecule has 0 bridgehead atoms. The highest BCUT2D eigenvalue weighted by atomic mass is 35.5. The van der Waals surface area contributed by atoms with Gasteiger partial charge in [0.1, 0.15) is 0 Å². The summed E-state index contributed by atoms with van der Waals surface area (Å²) in [4.78, 5) is 27.8. The summed E-state index contributed by atoms with van der Waals surface area (Å²) in [7, 11) is 1.78. The van der Waals surface area contributed by atoms with Crippen LogP contribution in [0, 0.1) is 5.92 Å². The van der Waals surface area contributed by atoms with Crippen LogP contribution in [0.5, 0.6) is 0 Å². The number of amides is 1. The largest absolute Gasteiger partial charge is 0.481 e. The summed E-state index contributed by atoms with van der Waals surface area (Å²) in [6.07, 6.45) is 1.24. The van der Waals surface area contributed by atoms with Crippen molar-refractivity contribution in [3.05, 3.63) is 21.3 Å². The minimum atomic E-state index is -0.729. The third-order valence-corrected chi connectivity index (χ3v) is 4.96. The minimum absolute atomic E-state index is 0.0493. The fourth-order valence-electron chi connectivity index (χ4n) is 2.41. The van der Waals surface area contributed by atoms with E-state index in [2.05, 4.69) is 0 Å². The van der Waals surface area contributed by atoms with E-state index in [-0.39, 0.29) is 11.8 Å². The zero-order valence-corrected chi connectivity index (χ0v) is 13.5. The molecular formula is C14H19ClN2O3S. The molecule has 2 heterocycles. The van der Waals surface area contributed by atoms with Crippen molar-refractivity contribution < 1.29 is 14.7 Å². The molecule has 21 heavy (non-hydrogen) atoms. The molecule has 1 amide bonds. The molecule has 1 N–H and O–H groups in total. The molecule has 0 radical (unpaired) electrons. The maximum absolute atomic E-state index is 12.2. The van der Waals surface area contributed by atoms with Crippen molar-refractivity contribution in [3.63, 3.8) is 0 Å². The standard InChI is InChI=1S/C14H19ClN2O3S/c1-16(8-11-2-3-12(15)21-11)13(18)9-17-6-4-10(5-7-17)14(19)20/h2-3,10H,4-9H2,1H3,(H,19,20). The van der Waals surface area contributed by atoms with Crippen molar-refractivity contribution >= 4 is 34.8 Å². The Morgan fingerprint density at radius 3 is 2.62 bits per heavy atom. The Bertz CT molecular complexity index is 512. The first-order valence-corrected chi connectivity index (χ1v) is 8.08. The SMILES string of the molecule is CN(Cc1ccc(Cl)s1)C(=O)CN1CCC(C(=O)O)CC1. The van der Waals surface area contributed by atoms with Crippen LogP contribution in [-0.2, 0) is 16.1 Å². The molecule has 5 nitrogen and oxygen atoms in total. The van der Waals surface area contributed by atoms with Crippen LogP contribution < -0.4 is 0 Å². The Morgan fingerprint density at radius 2 is 2.10 bits per heavy atom. The first-order chi connectivity index (χ1) is 9.95.